The molecule has 0 aromatic carbocycles. The molecule has 1 unspecified atom stereocenters. The molecule has 0 heterocycles. The maximum atomic E-state index is 5.68. The van der Waals surface area contributed by atoms with Gasteiger partial charge in [-0.15, -0.1) is 0 Å². The minimum atomic E-state index is -1.21. The van der Waals surface area contributed by atoms with Gasteiger partial charge in [0, 0.05) is 0 Å². The van der Waals surface area contributed by atoms with E-state index in [4.69, 9.17) is 4.43 Å². The van der Waals surface area contributed by atoms with E-state index >= 15 is 0 Å². The van der Waals surface area contributed by atoms with Gasteiger partial charge in [-0.3, -0.25) is 0 Å². The molecular weight excluding hydrogens is 203 g/mol. The first-order chi connectivity index (χ1) is 4.62. The van der Waals surface area contributed by atoms with Crippen molar-refractivity contribution in [3.8, 4) is 0 Å². The summed E-state index contributed by atoms with van der Waals surface area (Å²) in [5.41, 5.74) is 0. The second kappa shape index (κ2) is 5.39. The van der Waals surface area contributed by atoms with E-state index in [0.717, 1.165) is 6.61 Å². The molecule has 0 aliphatic heterocycles. The third-order valence-corrected chi connectivity index (χ3v) is 5.00. The molecule has 0 aliphatic carbocycles. The molecule has 0 bridgehead atoms. The Bertz CT molecular complexity index is 85.7. The summed E-state index contributed by atoms with van der Waals surface area (Å²) in [6, 6.07) is 1.33. The van der Waals surface area contributed by atoms with Crippen molar-refractivity contribution in [3.63, 3.8) is 0 Å². The third-order valence-electron chi connectivity index (χ3n) is 1.52. The maximum absolute atomic E-state index is 5.68. The SMILES string of the molecule is CCO[Si](C)(C)CCC[AsH2]. The molecule has 0 amide bonds. The summed E-state index contributed by atoms with van der Waals surface area (Å²) in [6.07, 6.45) is 1.36. The number of rotatable bonds is 5. The van der Waals surface area contributed by atoms with Crippen LogP contribution in [0.3, 0.4) is 0 Å². The fraction of sp³-hybridized carbons (Fsp3) is 1.00. The van der Waals surface area contributed by atoms with Gasteiger partial charge in [-0.2, -0.15) is 0 Å². The molecule has 62 valence electrons. The molecule has 0 radical (unpaired) electrons. The zero-order valence-electron chi connectivity index (χ0n) is 7.31. The second-order valence-electron chi connectivity index (χ2n) is 3.08. The van der Waals surface area contributed by atoms with Crippen molar-refractivity contribution < 1.29 is 4.43 Å². The van der Waals surface area contributed by atoms with Gasteiger partial charge in [-0.05, 0) is 0 Å². The monoisotopic (exact) mass is 222 g/mol. The van der Waals surface area contributed by atoms with Crippen LogP contribution in [0, 0.1) is 0 Å². The van der Waals surface area contributed by atoms with E-state index in [0.29, 0.717) is 0 Å². The Balaban J connectivity index is 3.42. The summed E-state index contributed by atoms with van der Waals surface area (Å²) in [7, 11) is -1.21. The molecule has 0 aromatic rings. The summed E-state index contributed by atoms with van der Waals surface area (Å²) in [5.74, 6) is 0. The van der Waals surface area contributed by atoms with E-state index < -0.39 is 8.32 Å². The second-order valence-corrected chi connectivity index (χ2v) is 8.60. The van der Waals surface area contributed by atoms with Gasteiger partial charge in [0.15, 0.2) is 0 Å². The van der Waals surface area contributed by atoms with E-state index in [2.05, 4.69) is 20.0 Å². The standard InChI is InChI=1S/C7H19AsOSi/c1-4-9-10(2,3)7-5-6-8/h4-8H2,1-3H3. The fourth-order valence-corrected chi connectivity index (χ4v) is 4.26. The fourth-order valence-electron chi connectivity index (χ4n) is 0.991. The Morgan fingerprint density at radius 3 is 2.40 bits per heavy atom. The Morgan fingerprint density at radius 2 is 2.00 bits per heavy atom. The average Bonchev–Trinajstić information content (AvgIpc) is 1.84. The molecule has 0 saturated carbocycles. The Morgan fingerprint density at radius 1 is 1.40 bits per heavy atom. The normalized spacial score (nSPS) is 12.0. The molecule has 0 N–H and O–H groups in total. The molecule has 0 rings (SSSR count). The van der Waals surface area contributed by atoms with Gasteiger partial charge in [-0.25, -0.2) is 0 Å². The van der Waals surface area contributed by atoms with Gasteiger partial charge >= 0.3 is 73.9 Å². The van der Waals surface area contributed by atoms with Crippen LogP contribution in [0.4, 0.5) is 0 Å². The molecule has 0 fully saturated rings. The van der Waals surface area contributed by atoms with Gasteiger partial charge in [0.25, 0.3) is 0 Å². The topological polar surface area (TPSA) is 9.23 Å². The van der Waals surface area contributed by atoms with Crippen LogP contribution in [0.5, 0.6) is 0 Å². The third kappa shape index (κ3) is 5.51. The van der Waals surface area contributed by atoms with Crippen molar-refractivity contribution in [1.29, 1.82) is 0 Å². The van der Waals surface area contributed by atoms with Crippen LogP contribution in [-0.4, -0.2) is 31.8 Å². The molecule has 1 atom stereocenters. The molecule has 0 aromatic heterocycles. The molecule has 0 spiro atoms. The zero-order valence-corrected chi connectivity index (χ0v) is 10.7. The van der Waals surface area contributed by atoms with Gasteiger partial charge in [-0.1, -0.05) is 0 Å². The molecule has 1 nitrogen and oxygen atoms in total. The van der Waals surface area contributed by atoms with Crippen molar-refractivity contribution in [1.82, 2.24) is 0 Å². The first kappa shape index (κ1) is 10.7. The van der Waals surface area contributed by atoms with E-state index in [1.807, 2.05) is 16.9 Å². The van der Waals surface area contributed by atoms with Crippen molar-refractivity contribution in [2.24, 2.45) is 0 Å². The molecular formula is C7H19AsOSi. The van der Waals surface area contributed by atoms with Gasteiger partial charge in [0.1, 0.15) is 0 Å². The van der Waals surface area contributed by atoms with E-state index in [1.165, 1.54) is 17.7 Å². The Kier molecular flexibility index (Phi) is 5.79. The number of hydrogen-bond donors (Lipinski definition) is 0. The summed E-state index contributed by atoms with van der Waals surface area (Å²) in [5, 5.41) is 1.36. The van der Waals surface area contributed by atoms with Crippen molar-refractivity contribution in [2.75, 3.05) is 6.61 Å². The molecule has 0 saturated heterocycles. The summed E-state index contributed by atoms with van der Waals surface area (Å²) in [6.45, 7) is 7.59. The van der Waals surface area contributed by atoms with Gasteiger partial charge in [0.05, 0.1) is 0 Å². The van der Waals surface area contributed by atoms with Crippen LogP contribution in [0.2, 0.25) is 24.3 Å². The van der Waals surface area contributed by atoms with Crippen LogP contribution < -0.4 is 0 Å². The predicted molar refractivity (Wildman–Crippen MR) is 51.9 cm³/mol. The van der Waals surface area contributed by atoms with Crippen LogP contribution in [0.1, 0.15) is 13.3 Å². The zero-order chi connectivity index (χ0) is 8.04. The molecule has 3 heteroatoms. The number of hydrogen-bond acceptors (Lipinski definition) is 1. The van der Waals surface area contributed by atoms with E-state index in [1.54, 1.807) is 0 Å². The van der Waals surface area contributed by atoms with Crippen molar-refractivity contribution in [3.05, 3.63) is 0 Å². The Labute approximate surface area is 74.2 Å². The van der Waals surface area contributed by atoms with Crippen LogP contribution >= 0.6 is 0 Å². The van der Waals surface area contributed by atoms with Gasteiger partial charge < -0.3 is 0 Å². The molecule has 0 aliphatic rings. The van der Waals surface area contributed by atoms with Crippen molar-refractivity contribution in [2.45, 2.75) is 37.7 Å². The van der Waals surface area contributed by atoms with Gasteiger partial charge in [0.2, 0.25) is 0 Å². The predicted octanol–water partition coefficient (Wildman–Crippen LogP) is 1.67. The van der Waals surface area contributed by atoms with Crippen LogP contribution in [0.25, 0.3) is 0 Å². The summed E-state index contributed by atoms with van der Waals surface area (Å²) in [4.78, 5) is 0. The minimum absolute atomic E-state index is 0.897. The summed E-state index contributed by atoms with van der Waals surface area (Å²) >= 11 is 1.84. The first-order valence-corrected chi connectivity index (χ1v) is 8.79. The van der Waals surface area contributed by atoms with E-state index in [-0.39, 0.29) is 0 Å². The first-order valence-electron chi connectivity index (χ1n) is 3.96. The molecule has 10 heavy (non-hydrogen) atoms. The summed E-state index contributed by atoms with van der Waals surface area (Å²) < 4.78 is 5.68. The average molecular weight is 222 g/mol. The van der Waals surface area contributed by atoms with Crippen molar-refractivity contribution >= 4 is 25.2 Å². The Hall–Kier alpha value is 0.735. The quantitative estimate of drug-likeness (QED) is 0.643. The van der Waals surface area contributed by atoms with E-state index in [9.17, 15) is 0 Å². The van der Waals surface area contributed by atoms with Crippen LogP contribution in [-0.2, 0) is 4.43 Å². The van der Waals surface area contributed by atoms with Crippen LogP contribution in [0.15, 0.2) is 0 Å².